The lowest BCUT2D eigenvalue weighted by molar-refractivity contribution is -0.120. The van der Waals surface area contributed by atoms with Crippen LogP contribution in [0.5, 0.6) is 0 Å². The van der Waals surface area contributed by atoms with Gasteiger partial charge in [0.1, 0.15) is 6.79 Å². The van der Waals surface area contributed by atoms with Crippen molar-refractivity contribution in [1.29, 1.82) is 0 Å². The van der Waals surface area contributed by atoms with Crippen LogP contribution in [0.1, 0.15) is 110 Å². The second kappa shape index (κ2) is 17.3. The third-order valence-corrected chi connectivity index (χ3v) is 13.5. The second-order valence-electron chi connectivity index (χ2n) is 13.8. The van der Waals surface area contributed by atoms with E-state index in [9.17, 15) is 9.90 Å². The van der Waals surface area contributed by atoms with E-state index in [0.717, 1.165) is 107 Å². The molecule has 1 amide bonds. The van der Waals surface area contributed by atoms with Gasteiger partial charge in [-0.25, -0.2) is 9.97 Å². The number of carbonyl (C=O) groups excluding carboxylic acids is 1. The average molecular weight is 738 g/mol. The van der Waals surface area contributed by atoms with Crippen molar-refractivity contribution in [3.63, 3.8) is 0 Å². The fraction of sp³-hybridized carbons (Fsp3) is 0.405. The summed E-state index contributed by atoms with van der Waals surface area (Å²) < 4.78 is 5.37. The van der Waals surface area contributed by atoms with Crippen molar-refractivity contribution in [1.82, 2.24) is 25.3 Å². The van der Waals surface area contributed by atoms with Gasteiger partial charge in [-0.15, -0.1) is 0 Å². The number of aromatic nitrogens is 4. The number of aliphatic hydroxyl groups excluding tert-OH is 1. The highest BCUT2D eigenvalue weighted by atomic mass is 33.1. The number of nitrogens with zero attached hydrogens (tertiary/aromatic N) is 2. The fourth-order valence-electron chi connectivity index (χ4n) is 7.33. The predicted octanol–water partition coefficient (Wildman–Crippen LogP) is 10.0. The van der Waals surface area contributed by atoms with Gasteiger partial charge in [0.15, 0.2) is 0 Å². The normalized spacial score (nSPS) is 15.8. The highest BCUT2D eigenvalue weighted by molar-refractivity contribution is 8.77. The van der Waals surface area contributed by atoms with Crippen LogP contribution in [-0.2, 0) is 9.53 Å². The molecular formula is C42H51N5O3S2. The van der Waals surface area contributed by atoms with Gasteiger partial charge in [-0.1, -0.05) is 59.7 Å². The number of allylic oxidation sites excluding steroid dienone is 3. The highest BCUT2D eigenvalue weighted by Crippen LogP contribution is 2.40. The number of unbranched alkanes of at least 4 members (excludes halogenated alkanes) is 2. The minimum absolute atomic E-state index is 0.0627. The first kappa shape index (κ1) is 37.9. The Balaban J connectivity index is 1.38. The van der Waals surface area contributed by atoms with E-state index >= 15 is 0 Å². The third kappa shape index (κ3) is 8.36. The number of aryl methyl sites for hydroxylation is 2. The Morgan fingerprint density at radius 1 is 0.865 bits per heavy atom. The molecule has 52 heavy (non-hydrogen) atoms. The van der Waals surface area contributed by atoms with Gasteiger partial charge in [0.05, 0.1) is 29.4 Å². The molecule has 3 aliphatic rings. The molecular weight excluding hydrogens is 687 g/mol. The number of carbonyl (C=O) groups is 1. The van der Waals surface area contributed by atoms with Gasteiger partial charge < -0.3 is 25.1 Å². The van der Waals surface area contributed by atoms with Crippen molar-refractivity contribution in [3.8, 4) is 0 Å². The number of rotatable bonds is 15. The van der Waals surface area contributed by atoms with Crippen LogP contribution in [0, 0.1) is 13.8 Å². The number of nitrogens with one attached hydrogen (secondary N) is 3. The minimum atomic E-state index is -0.336. The number of aromatic amines is 2. The van der Waals surface area contributed by atoms with E-state index in [2.05, 4.69) is 80.4 Å². The quantitative estimate of drug-likeness (QED) is 0.0697. The van der Waals surface area contributed by atoms with E-state index < -0.39 is 0 Å². The average Bonchev–Trinajstić information content (AvgIpc) is 3.93. The molecule has 0 aliphatic carbocycles. The number of fused-ring (bicyclic) bond motifs is 8. The highest BCUT2D eigenvalue weighted by Gasteiger charge is 2.22. The fourth-order valence-corrected chi connectivity index (χ4v) is 10.4. The van der Waals surface area contributed by atoms with Crippen LogP contribution < -0.4 is 5.32 Å². The first-order valence-corrected chi connectivity index (χ1v) is 20.7. The molecule has 1 unspecified atom stereocenters. The smallest absolute Gasteiger partial charge is 0.220 e. The molecule has 6 heterocycles. The molecule has 274 valence electrons. The molecule has 0 radical (unpaired) electrons. The van der Waals surface area contributed by atoms with Gasteiger partial charge in [0, 0.05) is 57.2 Å². The lowest BCUT2D eigenvalue weighted by Crippen LogP contribution is -2.24. The Bertz CT molecular complexity index is 2080. The standard InChI is InChI=1S/C42H51N5O3S2/c1-7-30-25(3)34-20-35-28(6)33(15-18-50-24-48)41(46-35)23-40-32(13-14-42(49)43-17-11-9-10-12-29-16-19-51-52-29)27(5)37(47-40)22-39-31(8-2)26(4)36(45-39)21-38(30)44-34/h7-8,20-23,29,44-45,48H,1-2,9-19,24H2,3-6H3,(H,43,49). The van der Waals surface area contributed by atoms with Crippen LogP contribution in [0.4, 0.5) is 0 Å². The van der Waals surface area contributed by atoms with Gasteiger partial charge >= 0.3 is 0 Å². The van der Waals surface area contributed by atoms with Crippen molar-refractivity contribution in [3.05, 3.63) is 82.5 Å². The van der Waals surface area contributed by atoms with Crippen LogP contribution >= 0.6 is 21.6 Å². The van der Waals surface area contributed by atoms with Crippen LogP contribution in [0.3, 0.4) is 0 Å². The largest absolute Gasteiger partial charge is 0.371 e. The molecule has 1 fully saturated rings. The Hall–Kier alpha value is -3.83. The summed E-state index contributed by atoms with van der Waals surface area (Å²) in [5.74, 6) is 1.34. The van der Waals surface area contributed by atoms with Crippen molar-refractivity contribution in [2.24, 2.45) is 0 Å². The molecule has 3 aromatic heterocycles. The van der Waals surface area contributed by atoms with Crippen molar-refractivity contribution in [2.75, 3.05) is 25.7 Å². The predicted molar refractivity (Wildman–Crippen MR) is 222 cm³/mol. The molecule has 8 nitrogen and oxygen atoms in total. The van der Waals surface area contributed by atoms with Gasteiger partial charge in [-0.05, 0) is 117 Å². The van der Waals surface area contributed by atoms with E-state index in [1.54, 1.807) is 0 Å². The van der Waals surface area contributed by atoms with Crippen LogP contribution in [0.2, 0.25) is 0 Å². The van der Waals surface area contributed by atoms with Gasteiger partial charge in [0.25, 0.3) is 0 Å². The maximum atomic E-state index is 13.1. The molecule has 10 heteroatoms. The number of hydrogen-bond acceptors (Lipinski definition) is 7. The summed E-state index contributed by atoms with van der Waals surface area (Å²) in [5, 5.41) is 13.3. The summed E-state index contributed by atoms with van der Waals surface area (Å²) >= 11 is 0. The number of ether oxygens (including phenoxy) is 1. The van der Waals surface area contributed by atoms with Crippen LogP contribution in [-0.4, -0.2) is 61.9 Å². The number of aliphatic hydroxyl groups is 1. The van der Waals surface area contributed by atoms with Crippen molar-refractivity contribution >= 4 is 84.0 Å². The summed E-state index contributed by atoms with van der Waals surface area (Å²) in [7, 11) is 4.04. The monoisotopic (exact) mass is 737 g/mol. The molecule has 1 atom stereocenters. The molecule has 6 rings (SSSR count). The zero-order valence-corrected chi connectivity index (χ0v) is 32.5. The van der Waals surface area contributed by atoms with Gasteiger partial charge in [-0.3, -0.25) is 4.79 Å². The van der Waals surface area contributed by atoms with E-state index in [1.165, 1.54) is 25.0 Å². The van der Waals surface area contributed by atoms with Gasteiger partial charge in [0.2, 0.25) is 5.91 Å². The molecule has 1 saturated heterocycles. The van der Waals surface area contributed by atoms with E-state index in [1.807, 2.05) is 33.7 Å². The molecule has 0 aromatic carbocycles. The maximum absolute atomic E-state index is 13.1. The first-order valence-electron chi connectivity index (χ1n) is 18.4. The SMILES string of the molecule is C=Cc1c(C)c2cc3[nH]c(cc4nc(cc5nc(cc1[nH]2)C(C)=C5CCC(=O)NCCCCCC1CCSS1)C(CCOCO)=C4C)c(C)c3C=C. The summed E-state index contributed by atoms with van der Waals surface area (Å²) in [6.07, 6.45) is 11.3. The van der Waals surface area contributed by atoms with E-state index in [-0.39, 0.29) is 12.7 Å². The van der Waals surface area contributed by atoms with Gasteiger partial charge in [-0.2, -0.15) is 0 Å². The second-order valence-corrected chi connectivity index (χ2v) is 16.5. The Morgan fingerprint density at radius 2 is 1.48 bits per heavy atom. The number of hydrogen-bond donors (Lipinski definition) is 4. The van der Waals surface area contributed by atoms with E-state index in [4.69, 9.17) is 14.7 Å². The number of amides is 1. The molecule has 4 N–H and O–H groups in total. The Labute approximate surface area is 315 Å². The minimum Gasteiger partial charge on any atom is -0.371 e. The summed E-state index contributed by atoms with van der Waals surface area (Å²) in [6, 6.07) is 8.37. The number of H-pyrrole nitrogens is 2. The summed E-state index contributed by atoms with van der Waals surface area (Å²) in [4.78, 5) is 30.7. The maximum Gasteiger partial charge on any atom is 0.220 e. The zero-order valence-electron chi connectivity index (χ0n) is 30.9. The summed E-state index contributed by atoms with van der Waals surface area (Å²) in [5.41, 5.74) is 15.5. The third-order valence-electron chi connectivity index (χ3n) is 10.5. The van der Waals surface area contributed by atoms with E-state index in [0.29, 0.717) is 32.4 Å². The lowest BCUT2D eigenvalue weighted by atomic mass is 9.99. The summed E-state index contributed by atoms with van der Waals surface area (Å²) in [6.45, 7) is 17.4. The first-order chi connectivity index (χ1) is 25.2. The van der Waals surface area contributed by atoms with Crippen LogP contribution in [0.25, 0.3) is 56.5 Å². The molecule has 8 bridgehead atoms. The Morgan fingerprint density at radius 3 is 2.10 bits per heavy atom. The molecule has 0 saturated carbocycles. The Kier molecular flexibility index (Phi) is 12.6. The van der Waals surface area contributed by atoms with Crippen molar-refractivity contribution < 1.29 is 14.6 Å². The molecule has 3 aliphatic heterocycles. The molecule has 3 aromatic rings. The zero-order chi connectivity index (χ0) is 36.8. The van der Waals surface area contributed by atoms with Crippen LogP contribution in [0.15, 0.2) is 37.4 Å². The van der Waals surface area contributed by atoms with Crippen molar-refractivity contribution in [2.45, 2.75) is 84.3 Å². The lowest BCUT2D eigenvalue weighted by Gasteiger charge is -2.09. The topological polar surface area (TPSA) is 116 Å². The molecule has 0 spiro atoms.